The first-order chi connectivity index (χ1) is 13.2. The standard InChI is InChI=1S/C19H24N6OS/c1-13-14(2)26-17(22-13)12-25-9-6-15(7-10-25)11-21-19-24-23-18(27-19)16-5-3-4-8-20-16/h3-5,8,15H,6-7,9-12H2,1-2H3,(H,21,24). The number of aryl methyl sites for hydroxylation is 2. The molecule has 3 aromatic rings. The van der Waals surface area contributed by atoms with Gasteiger partial charge in [-0.2, -0.15) is 0 Å². The maximum atomic E-state index is 5.70. The zero-order valence-electron chi connectivity index (χ0n) is 15.7. The van der Waals surface area contributed by atoms with Crippen LogP contribution in [0.25, 0.3) is 10.7 Å². The van der Waals surface area contributed by atoms with Crippen molar-refractivity contribution in [2.24, 2.45) is 5.92 Å². The topological polar surface area (TPSA) is 80.0 Å². The van der Waals surface area contributed by atoms with Crippen molar-refractivity contribution in [1.29, 1.82) is 0 Å². The van der Waals surface area contributed by atoms with E-state index in [1.54, 1.807) is 17.5 Å². The monoisotopic (exact) mass is 384 g/mol. The van der Waals surface area contributed by atoms with E-state index in [-0.39, 0.29) is 0 Å². The van der Waals surface area contributed by atoms with Gasteiger partial charge >= 0.3 is 0 Å². The van der Waals surface area contributed by atoms with E-state index in [0.717, 1.165) is 72.2 Å². The van der Waals surface area contributed by atoms with Crippen molar-refractivity contribution >= 4 is 16.5 Å². The lowest BCUT2D eigenvalue weighted by Gasteiger charge is -2.31. The number of piperidine rings is 1. The zero-order valence-corrected chi connectivity index (χ0v) is 16.5. The smallest absolute Gasteiger partial charge is 0.208 e. The predicted molar refractivity (Wildman–Crippen MR) is 106 cm³/mol. The van der Waals surface area contributed by atoms with Crippen molar-refractivity contribution in [3.63, 3.8) is 0 Å². The molecular formula is C19H24N6OS. The van der Waals surface area contributed by atoms with Gasteiger partial charge in [0.05, 0.1) is 12.2 Å². The van der Waals surface area contributed by atoms with Crippen LogP contribution in [-0.4, -0.2) is 44.7 Å². The lowest BCUT2D eigenvalue weighted by Crippen LogP contribution is -2.35. The summed E-state index contributed by atoms with van der Waals surface area (Å²) in [5, 5.41) is 13.6. The number of aromatic nitrogens is 4. The summed E-state index contributed by atoms with van der Waals surface area (Å²) in [5.74, 6) is 2.40. The second-order valence-electron chi connectivity index (χ2n) is 6.98. The first-order valence-corrected chi connectivity index (χ1v) is 10.1. The molecule has 0 aromatic carbocycles. The van der Waals surface area contributed by atoms with Crippen LogP contribution in [0.2, 0.25) is 0 Å². The molecule has 0 saturated carbocycles. The first kappa shape index (κ1) is 18.1. The number of likely N-dealkylation sites (tertiary alicyclic amines) is 1. The number of hydrogen-bond donors (Lipinski definition) is 1. The molecule has 0 radical (unpaired) electrons. The maximum absolute atomic E-state index is 5.70. The summed E-state index contributed by atoms with van der Waals surface area (Å²) in [7, 11) is 0. The highest BCUT2D eigenvalue weighted by Crippen LogP contribution is 2.26. The van der Waals surface area contributed by atoms with Gasteiger partial charge in [-0.25, -0.2) is 4.98 Å². The molecule has 1 saturated heterocycles. The summed E-state index contributed by atoms with van der Waals surface area (Å²) in [4.78, 5) is 11.2. The quantitative estimate of drug-likeness (QED) is 0.696. The fourth-order valence-corrected chi connectivity index (χ4v) is 3.99. The van der Waals surface area contributed by atoms with Crippen molar-refractivity contribution in [3.8, 4) is 10.7 Å². The van der Waals surface area contributed by atoms with Crippen LogP contribution in [0.5, 0.6) is 0 Å². The van der Waals surface area contributed by atoms with Crippen LogP contribution in [0, 0.1) is 19.8 Å². The molecule has 1 aliphatic rings. The van der Waals surface area contributed by atoms with Gasteiger partial charge in [-0.05, 0) is 57.8 Å². The Bertz CT molecular complexity index is 850. The van der Waals surface area contributed by atoms with E-state index >= 15 is 0 Å². The van der Waals surface area contributed by atoms with Crippen LogP contribution >= 0.6 is 11.3 Å². The molecule has 1 N–H and O–H groups in total. The van der Waals surface area contributed by atoms with Gasteiger partial charge in [0.2, 0.25) is 11.0 Å². The van der Waals surface area contributed by atoms with Crippen LogP contribution in [0.1, 0.15) is 30.2 Å². The molecule has 0 unspecified atom stereocenters. The highest BCUT2D eigenvalue weighted by Gasteiger charge is 2.21. The van der Waals surface area contributed by atoms with Crippen molar-refractivity contribution in [3.05, 3.63) is 41.7 Å². The van der Waals surface area contributed by atoms with Gasteiger partial charge in [-0.3, -0.25) is 9.88 Å². The van der Waals surface area contributed by atoms with Gasteiger partial charge in [0, 0.05) is 12.7 Å². The second kappa shape index (κ2) is 8.14. The molecule has 4 heterocycles. The van der Waals surface area contributed by atoms with E-state index in [2.05, 4.69) is 30.4 Å². The number of rotatable bonds is 6. The third kappa shape index (κ3) is 4.51. The van der Waals surface area contributed by atoms with Gasteiger partial charge in [0.1, 0.15) is 11.5 Å². The van der Waals surface area contributed by atoms with Gasteiger partial charge in [0.25, 0.3) is 0 Å². The largest absolute Gasteiger partial charge is 0.444 e. The number of anilines is 1. The Morgan fingerprint density at radius 1 is 1.22 bits per heavy atom. The molecule has 27 heavy (non-hydrogen) atoms. The van der Waals surface area contributed by atoms with E-state index in [1.807, 2.05) is 32.0 Å². The molecule has 142 valence electrons. The number of nitrogens with one attached hydrogen (secondary N) is 1. The van der Waals surface area contributed by atoms with Crippen molar-refractivity contribution in [2.75, 3.05) is 25.0 Å². The molecule has 0 bridgehead atoms. The summed E-state index contributed by atoms with van der Waals surface area (Å²) in [6.07, 6.45) is 4.10. The Labute approximate surface area is 162 Å². The summed E-state index contributed by atoms with van der Waals surface area (Å²) in [6.45, 7) is 7.84. The molecule has 1 fully saturated rings. The molecule has 0 amide bonds. The van der Waals surface area contributed by atoms with E-state index in [9.17, 15) is 0 Å². The molecule has 3 aromatic heterocycles. The predicted octanol–water partition coefficient (Wildman–Crippen LogP) is 3.53. The van der Waals surface area contributed by atoms with Gasteiger partial charge in [0.15, 0.2) is 5.01 Å². The number of pyridine rings is 1. The Morgan fingerprint density at radius 3 is 2.78 bits per heavy atom. The van der Waals surface area contributed by atoms with Crippen LogP contribution < -0.4 is 5.32 Å². The van der Waals surface area contributed by atoms with Crippen LogP contribution in [0.4, 0.5) is 5.13 Å². The molecule has 0 aliphatic carbocycles. The third-order valence-electron chi connectivity index (χ3n) is 4.99. The minimum atomic E-state index is 0.650. The lowest BCUT2D eigenvalue weighted by molar-refractivity contribution is 0.167. The average Bonchev–Trinajstić information content (AvgIpc) is 3.29. The number of nitrogens with zero attached hydrogens (tertiary/aromatic N) is 5. The van der Waals surface area contributed by atoms with Crippen molar-refractivity contribution in [2.45, 2.75) is 33.2 Å². The molecule has 0 atom stereocenters. The summed E-state index contributed by atoms with van der Waals surface area (Å²) >= 11 is 1.55. The third-order valence-corrected chi connectivity index (χ3v) is 5.89. The summed E-state index contributed by atoms with van der Waals surface area (Å²) < 4.78 is 5.70. The molecular weight excluding hydrogens is 360 g/mol. The Hall–Kier alpha value is -2.32. The molecule has 1 aliphatic heterocycles. The zero-order chi connectivity index (χ0) is 18.6. The number of hydrogen-bond acceptors (Lipinski definition) is 8. The normalized spacial score (nSPS) is 15.9. The fourth-order valence-electron chi connectivity index (χ4n) is 3.27. The highest BCUT2D eigenvalue weighted by molar-refractivity contribution is 7.18. The average molecular weight is 385 g/mol. The van der Waals surface area contributed by atoms with Crippen molar-refractivity contribution in [1.82, 2.24) is 25.1 Å². The van der Waals surface area contributed by atoms with E-state index in [1.165, 1.54) is 0 Å². The first-order valence-electron chi connectivity index (χ1n) is 9.31. The van der Waals surface area contributed by atoms with Crippen LogP contribution in [0.15, 0.2) is 28.8 Å². The Balaban J connectivity index is 1.23. The minimum Gasteiger partial charge on any atom is -0.444 e. The van der Waals surface area contributed by atoms with Gasteiger partial charge in [-0.1, -0.05) is 17.4 Å². The summed E-state index contributed by atoms with van der Waals surface area (Å²) in [5.41, 5.74) is 1.86. The molecule has 7 nitrogen and oxygen atoms in total. The lowest BCUT2D eigenvalue weighted by atomic mass is 9.97. The van der Waals surface area contributed by atoms with E-state index < -0.39 is 0 Å². The fraction of sp³-hybridized carbons (Fsp3) is 0.474. The molecule has 8 heteroatoms. The number of oxazole rings is 1. The maximum Gasteiger partial charge on any atom is 0.208 e. The van der Waals surface area contributed by atoms with E-state index in [4.69, 9.17) is 4.42 Å². The Morgan fingerprint density at radius 2 is 2.07 bits per heavy atom. The minimum absolute atomic E-state index is 0.650. The van der Waals surface area contributed by atoms with Crippen LogP contribution in [-0.2, 0) is 6.54 Å². The van der Waals surface area contributed by atoms with Gasteiger partial charge in [-0.15, -0.1) is 10.2 Å². The van der Waals surface area contributed by atoms with Crippen LogP contribution in [0.3, 0.4) is 0 Å². The summed E-state index contributed by atoms with van der Waals surface area (Å²) in [6, 6.07) is 5.82. The Kier molecular flexibility index (Phi) is 5.45. The molecule has 4 rings (SSSR count). The highest BCUT2D eigenvalue weighted by atomic mass is 32.1. The van der Waals surface area contributed by atoms with Gasteiger partial charge < -0.3 is 9.73 Å². The van der Waals surface area contributed by atoms with E-state index in [0.29, 0.717) is 5.92 Å². The van der Waals surface area contributed by atoms with Crippen molar-refractivity contribution < 1.29 is 4.42 Å². The second-order valence-corrected chi connectivity index (χ2v) is 7.95. The molecule has 0 spiro atoms. The SMILES string of the molecule is Cc1nc(CN2CCC(CNc3nnc(-c4ccccn4)s3)CC2)oc1C.